The van der Waals surface area contributed by atoms with Crippen LogP contribution >= 0.6 is 0 Å². The number of ketones is 1. The number of amides is 2. The highest BCUT2D eigenvalue weighted by molar-refractivity contribution is 6.18. The second kappa shape index (κ2) is 4.69. The number of nitrogens with two attached hydrogens (primary N) is 1. The van der Waals surface area contributed by atoms with Gasteiger partial charge in [-0.2, -0.15) is 0 Å². The van der Waals surface area contributed by atoms with Gasteiger partial charge in [0.1, 0.15) is 0 Å². The minimum atomic E-state index is -0.721. The maximum atomic E-state index is 12.2. The van der Waals surface area contributed by atoms with Crippen molar-refractivity contribution in [3.05, 3.63) is 35.5 Å². The number of rotatable bonds is 0. The second-order valence-corrected chi connectivity index (χ2v) is 4.44. The summed E-state index contributed by atoms with van der Waals surface area (Å²) in [7, 11) is 0. The molecule has 3 rings (SSSR count). The lowest BCUT2D eigenvalue weighted by molar-refractivity contribution is 0.0988. The van der Waals surface area contributed by atoms with Gasteiger partial charge in [-0.25, -0.2) is 4.79 Å². The van der Waals surface area contributed by atoms with E-state index in [0.29, 0.717) is 30.1 Å². The molecule has 1 aromatic carbocycles. The van der Waals surface area contributed by atoms with Gasteiger partial charge in [-0.05, 0) is 6.07 Å². The SMILES string of the molecule is NC(=O)NNC1=NCCC(=O)c2c1[nH]c1ccccc21. The Kier molecular flexibility index (Phi) is 2.86. The number of hydrogen-bond acceptors (Lipinski definition) is 4. The van der Waals surface area contributed by atoms with Crippen molar-refractivity contribution in [2.75, 3.05) is 6.54 Å². The third kappa shape index (κ3) is 1.99. The first-order chi connectivity index (χ1) is 9.66. The molecular weight excluding hydrogens is 258 g/mol. The topological polar surface area (TPSA) is 112 Å². The van der Waals surface area contributed by atoms with Gasteiger partial charge in [0.25, 0.3) is 0 Å². The van der Waals surface area contributed by atoms with Gasteiger partial charge in [-0.15, -0.1) is 0 Å². The van der Waals surface area contributed by atoms with E-state index in [2.05, 4.69) is 20.8 Å². The summed E-state index contributed by atoms with van der Waals surface area (Å²) in [6, 6.07) is 6.80. The Bertz CT molecular complexity index is 731. The standard InChI is InChI=1S/C13H13N5O2/c14-13(20)18-17-12-11-10(9(19)5-6-15-12)7-3-1-2-4-8(7)16-11/h1-4,16H,5-6H2,(H,15,17)(H3,14,18,20). The number of aliphatic imine (C=N–C) groups is 1. The highest BCUT2D eigenvalue weighted by atomic mass is 16.2. The molecule has 7 heteroatoms. The van der Waals surface area contributed by atoms with Crippen LogP contribution in [0.1, 0.15) is 22.5 Å². The molecule has 0 radical (unpaired) electrons. The minimum absolute atomic E-state index is 0.0251. The molecule has 2 aromatic rings. The Morgan fingerprint density at radius 1 is 1.35 bits per heavy atom. The Morgan fingerprint density at radius 3 is 2.95 bits per heavy atom. The number of urea groups is 1. The number of primary amides is 1. The lowest BCUT2D eigenvalue weighted by Gasteiger charge is -2.08. The number of H-pyrrole nitrogens is 1. The smallest absolute Gasteiger partial charge is 0.330 e. The van der Waals surface area contributed by atoms with E-state index >= 15 is 0 Å². The predicted molar refractivity (Wildman–Crippen MR) is 74.5 cm³/mol. The molecule has 0 saturated carbocycles. The monoisotopic (exact) mass is 271 g/mol. The zero-order chi connectivity index (χ0) is 14.1. The maximum Gasteiger partial charge on any atom is 0.330 e. The van der Waals surface area contributed by atoms with Crippen LogP contribution in [0.15, 0.2) is 29.3 Å². The number of benzene rings is 1. The third-order valence-electron chi connectivity index (χ3n) is 3.13. The van der Waals surface area contributed by atoms with Gasteiger partial charge >= 0.3 is 6.03 Å². The molecule has 1 aliphatic rings. The minimum Gasteiger partial charge on any atom is -0.351 e. The van der Waals surface area contributed by atoms with Crippen LogP contribution in [0.25, 0.3) is 10.9 Å². The van der Waals surface area contributed by atoms with Gasteiger partial charge in [0, 0.05) is 23.9 Å². The molecule has 1 aromatic heterocycles. The summed E-state index contributed by atoms with van der Waals surface area (Å²) in [5, 5.41) is 0.850. The number of para-hydroxylation sites is 1. The first-order valence-corrected chi connectivity index (χ1v) is 6.17. The van der Waals surface area contributed by atoms with Crippen molar-refractivity contribution in [1.82, 2.24) is 15.8 Å². The number of carbonyl (C=O) groups is 2. The zero-order valence-corrected chi connectivity index (χ0v) is 10.6. The van der Waals surface area contributed by atoms with E-state index in [9.17, 15) is 9.59 Å². The summed E-state index contributed by atoms with van der Waals surface area (Å²) in [5.74, 6) is 0.429. The Morgan fingerprint density at radius 2 is 2.15 bits per heavy atom. The van der Waals surface area contributed by atoms with Gasteiger partial charge in [0.05, 0.1) is 11.3 Å². The number of aromatic nitrogens is 1. The van der Waals surface area contributed by atoms with Gasteiger partial charge in [0.15, 0.2) is 11.6 Å². The largest absolute Gasteiger partial charge is 0.351 e. The average Bonchev–Trinajstić information content (AvgIpc) is 2.74. The number of fused-ring (bicyclic) bond motifs is 3. The van der Waals surface area contributed by atoms with Gasteiger partial charge < -0.3 is 10.7 Å². The molecule has 0 aliphatic carbocycles. The Labute approximate surface area is 114 Å². The van der Waals surface area contributed by atoms with Crippen molar-refractivity contribution >= 4 is 28.6 Å². The van der Waals surface area contributed by atoms with Gasteiger partial charge in [0.2, 0.25) is 0 Å². The molecule has 2 heterocycles. The number of nitrogens with zero attached hydrogens (tertiary/aromatic N) is 1. The molecule has 0 spiro atoms. The summed E-state index contributed by atoms with van der Waals surface area (Å²) < 4.78 is 0. The third-order valence-corrected chi connectivity index (χ3v) is 3.13. The predicted octanol–water partition coefficient (Wildman–Crippen LogP) is 0.674. The van der Waals surface area contributed by atoms with Crippen molar-refractivity contribution in [1.29, 1.82) is 0 Å². The fraction of sp³-hybridized carbons (Fsp3) is 0.154. The number of amidine groups is 1. The van der Waals surface area contributed by atoms with Crippen LogP contribution in [0.4, 0.5) is 4.79 Å². The van der Waals surface area contributed by atoms with Crippen molar-refractivity contribution in [2.24, 2.45) is 10.7 Å². The second-order valence-electron chi connectivity index (χ2n) is 4.44. The van der Waals surface area contributed by atoms with Crippen LogP contribution in [0.3, 0.4) is 0 Å². The number of aromatic amines is 1. The van der Waals surface area contributed by atoms with E-state index in [4.69, 9.17) is 5.73 Å². The zero-order valence-electron chi connectivity index (χ0n) is 10.6. The van der Waals surface area contributed by atoms with E-state index in [-0.39, 0.29) is 5.78 Å². The Balaban J connectivity index is 2.12. The highest BCUT2D eigenvalue weighted by Crippen LogP contribution is 2.25. The van der Waals surface area contributed by atoms with Crippen molar-refractivity contribution < 1.29 is 9.59 Å². The van der Waals surface area contributed by atoms with Gasteiger partial charge in [-0.3, -0.25) is 20.6 Å². The lowest BCUT2D eigenvalue weighted by Crippen LogP contribution is -2.45. The fourth-order valence-electron chi connectivity index (χ4n) is 2.31. The highest BCUT2D eigenvalue weighted by Gasteiger charge is 2.24. The van der Waals surface area contributed by atoms with Gasteiger partial charge in [-0.1, -0.05) is 18.2 Å². The lowest BCUT2D eigenvalue weighted by atomic mass is 10.0. The molecule has 0 fully saturated rings. The van der Waals surface area contributed by atoms with Crippen LogP contribution in [-0.4, -0.2) is 29.2 Å². The summed E-state index contributed by atoms with van der Waals surface area (Å²) in [6.07, 6.45) is 0.330. The number of Topliss-reactive ketones (excluding diaryl/α,β-unsaturated/α-hetero) is 1. The number of carbonyl (C=O) groups excluding carboxylic acids is 2. The molecule has 0 atom stereocenters. The normalized spacial score (nSPS) is 14.4. The molecule has 20 heavy (non-hydrogen) atoms. The first-order valence-electron chi connectivity index (χ1n) is 6.17. The van der Waals surface area contributed by atoms with Crippen LogP contribution in [-0.2, 0) is 0 Å². The molecule has 102 valence electrons. The molecule has 1 aliphatic heterocycles. The Hall–Kier alpha value is -2.83. The molecule has 2 amide bonds. The van der Waals surface area contributed by atoms with Crippen LogP contribution in [0.2, 0.25) is 0 Å². The number of hydrazine groups is 1. The molecule has 0 unspecified atom stereocenters. The van der Waals surface area contributed by atoms with E-state index in [1.807, 2.05) is 24.3 Å². The number of hydrogen-bond donors (Lipinski definition) is 4. The summed E-state index contributed by atoms with van der Waals surface area (Å²) in [6.45, 7) is 0.360. The molecule has 7 nitrogen and oxygen atoms in total. The van der Waals surface area contributed by atoms with E-state index in [1.54, 1.807) is 0 Å². The van der Waals surface area contributed by atoms with Crippen LogP contribution in [0.5, 0.6) is 0 Å². The maximum absolute atomic E-state index is 12.2. The average molecular weight is 271 g/mol. The molecular formula is C13H13N5O2. The number of nitrogens with one attached hydrogen (secondary N) is 3. The van der Waals surface area contributed by atoms with Crippen LogP contribution < -0.4 is 16.6 Å². The summed E-state index contributed by atoms with van der Waals surface area (Å²) in [5.41, 5.74) is 12.0. The molecule has 5 N–H and O–H groups in total. The van der Waals surface area contributed by atoms with Crippen LogP contribution in [0, 0.1) is 0 Å². The molecule has 0 saturated heterocycles. The van der Waals surface area contributed by atoms with Crippen molar-refractivity contribution in [2.45, 2.75) is 6.42 Å². The first kappa shape index (κ1) is 12.2. The molecule has 0 bridgehead atoms. The quantitative estimate of drug-likeness (QED) is 0.528. The van der Waals surface area contributed by atoms with E-state index in [1.165, 1.54) is 0 Å². The van der Waals surface area contributed by atoms with Crippen molar-refractivity contribution in [3.63, 3.8) is 0 Å². The van der Waals surface area contributed by atoms with Crippen molar-refractivity contribution in [3.8, 4) is 0 Å². The van der Waals surface area contributed by atoms with E-state index < -0.39 is 6.03 Å². The summed E-state index contributed by atoms with van der Waals surface area (Å²) in [4.78, 5) is 30.4. The summed E-state index contributed by atoms with van der Waals surface area (Å²) >= 11 is 0. The van der Waals surface area contributed by atoms with E-state index in [0.717, 1.165) is 10.9 Å². The fourth-order valence-corrected chi connectivity index (χ4v) is 2.31.